The molecule has 6 nitrogen and oxygen atoms in total. The smallest absolute Gasteiger partial charge is 0.341 e. The minimum Gasteiger partial charge on any atom is -0.497 e. The van der Waals surface area contributed by atoms with Gasteiger partial charge in [-0.1, -0.05) is 23.2 Å². The lowest BCUT2D eigenvalue weighted by Crippen LogP contribution is -2.30. The second-order valence-electron chi connectivity index (χ2n) is 4.87. The molecule has 132 valence electrons. The number of carbonyl (C=O) groups is 2. The summed E-state index contributed by atoms with van der Waals surface area (Å²) in [5.74, 6) is -2.17. The van der Waals surface area contributed by atoms with Crippen molar-refractivity contribution in [3.8, 4) is 5.75 Å². The maximum absolute atomic E-state index is 13.9. The molecule has 0 bridgehead atoms. The predicted molar refractivity (Wildman–Crippen MR) is 90.7 cm³/mol. The second kappa shape index (κ2) is 8.13. The van der Waals surface area contributed by atoms with Gasteiger partial charge in [-0.15, -0.1) is 0 Å². The number of hydrogen-bond donors (Lipinski definition) is 1. The number of rotatable bonds is 5. The Morgan fingerprint density at radius 2 is 2.00 bits per heavy atom. The maximum atomic E-state index is 13.9. The van der Waals surface area contributed by atoms with Crippen molar-refractivity contribution in [2.24, 2.45) is 0 Å². The van der Waals surface area contributed by atoms with Crippen LogP contribution in [0.3, 0.4) is 0 Å². The van der Waals surface area contributed by atoms with Crippen LogP contribution in [0.2, 0.25) is 10.0 Å². The molecule has 1 atom stereocenters. The highest BCUT2D eigenvalue weighted by molar-refractivity contribution is 6.36. The fourth-order valence-corrected chi connectivity index (χ4v) is 2.22. The number of carbonyl (C=O) groups excluding carboxylic acids is 2. The Hall–Kier alpha value is -2.38. The first-order chi connectivity index (χ1) is 11.8. The third kappa shape index (κ3) is 4.80. The van der Waals surface area contributed by atoms with E-state index in [2.05, 4.69) is 10.3 Å². The third-order valence-corrected chi connectivity index (χ3v) is 3.59. The van der Waals surface area contributed by atoms with E-state index in [0.29, 0.717) is 5.02 Å². The molecular formula is C16H13Cl2FN2O4. The van der Waals surface area contributed by atoms with Gasteiger partial charge in [-0.05, 0) is 25.1 Å². The largest absolute Gasteiger partial charge is 0.497 e. The van der Waals surface area contributed by atoms with Crippen molar-refractivity contribution in [1.29, 1.82) is 0 Å². The van der Waals surface area contributed by atoms with Crippen LogP contribution >= 0.6 is 23.2 Å². The lowest BCUT2D eigenvalue weighted by atomic mass is 10.2. The summed E-state index contributed by atoms with van der Waals surface area (Å²) in [4.78, 5) is 27.9. The summed E-state index contributed by atoms with van der Waals surface area (Å²) in [6, 6.07) is 5.05. The summed E-state index contributed by atoms with van der Waals surface area (Å²) in [5.41, 5.74) is -0.317. The Morgan fingerprint density at radius 3 is 2.60 bits per heavy atom. The van der Waals surface area contributed by atoms with Crippen molar-refractivity contribution in [1.82, 2.24) is 4.98 Å². The molecule has 1 aromatic carbocycles. The second-order valence-corrected chi connectivity index (χ2v) is 5.71. The molecule has 25 heavy (non-hydrogen) atoms. The van der Waals surface area contributed by atoms with Crippen LogP contribution in [0, 0.1) is 5.82 Å². The predicted octanol–water partition coefficient (Wildman–Crippen LogP) is 3.72. The van der Waals surface area contributed by atoms with Crippen LogP contribution in [0.25, 0.3) is 0 Å². The number of benzene rings is 1. The van der Waals surface area contributed by atoms with E-state index < -0.39 is 23.8 Å². The molecule has 0 unspecified atom stereocenters. The van der Waals surface area contributed by atoms with Crippen LogP contribution in [-0.2, 0) is 9.53 Å². The van der Waals surface area contributed by atoms with Gasteiger partial charge in [0.25, 0.3) is 5.91 Å². The van der Waals surface area contributed by atoms with Crippen LogP contribution in [-0.4, -0.2) is 30.1 Å². The Morgan fingerprint density at radius 1 is 1.28 bits per heavy atom. The van der Waals surface area contributed by atoms with E-state index in [1.807, 2.05) is 0 Å². The van der Waals surface area contributed by atoms with Gasteiger partial charge in [0.15, 0.2) is 11.9 Å². The summed E-state index contributed by atoms with van der Waals surface area (Å²) in [5, 5.41) is 2.82. The quantitative estimate of drug-likeness (QED) is 0.792. The van der Waals surface area contributed by atoms with E-state index in [1.165, 1.54) is 38.4 Å². The lowest BCUT2D eigenvalue weighted by Gasteiger charge is -2.14. The molecule has 1 N–H and O–H groups in total. The number of methoxy groups -OCH3 is 1. The van der Waals surface area contributed by atoms with Crippen molar-refractivity contribution in [2.75, 3.05) is 12.4 Å². The number of anilines is 1. The number of ether oxygens (including phenoxy) is 2. The van der Waals surface area contributed by atoms with Gasteiger partial charge >= 0.3 is 5.97 Å². The molecule has 1 aromatic heterocycles. The maximum Gasteiger partial charge on any atom is 0.341 e. The van der Waals surface area contributed by atoms with Crippen molar-refractivity contribution < 1.29 is 23.5 Å². The van der Waals surface area contributed by atoms with Crippen LogP contribution in [0.5, 0.6) is 5.75 Å². The minimum absolute atomic E-state index is 0.0644. The van der Waals surface area contributed by atoms with Crippen molar-refractivity contribution >= 4 is 40.9 Å². The average Bonchev–Trinajstić information content (AvgIpc) is 2.56. The van der Waals surface area contributed by atoms with Crippen LogP contribution in [0.1, 0.15) is 17.3 Å². The van der Waals surface area contributed by atoms with Gasteiger partial charge in [0, 0.05) is 12.3 Å². The summed E-state index contributed by atoms with van der Waals surface area (Å²) in [7, 11) is 1.37. The number of esters is 1. The molecule has 1 heterocycles. The van der Waals surface area contributed by atoms with Gasteiger partial charge in [0.05, 0.1) is 22.7 Å². The number of nitrogens with zero attached hydrogens (tertiary/aromatic N) is 1. The van der Waals surface area contributed by atoms with E-state index in [9.17, 15) is 14.0 Å². The lowest BCUT2D eigenvalue weighted by molar-refractivity contribution is -0.123. The number of hydrogen-bond acceptors (Lipinski definition) is 5. The molecule has 0 radical (unpaired) electrons. The molecule has 0 fully saturated rings. The standard InChI is InChI=1S/C16H13Cl2FN2O4/c1-8(15(22)21-14-12(18)5-9(17)7-20-14)25-16(23)11-4-3-10(24-2)6-13(11)19/h3-8H,1-2H3,(H,20,21,22)/t8-/m1/s1. The Labute approximate surface area is 152 Å². The molecule has 0 aliphatic rings. The van der Waals surface area contributed by atoms with Gasteiger partial charge in [-0.25, -0.2) is 14.2 Å². The number of nitrogens with one attached hydrogen (secondary N) is 1. The molecular weight excluding hydrogens is 374 g/mol. The van der Waals surface area contributed by atoms with Gasteiger partial charge in [-0.3, -0.25) is 4.79 Å². The molecule has 0 aliphatic heterocycles. The van der Waals surface area contributed by atoms with E-state index in [-0.39, 0.29) is 22.2 Å². The molecule has 2 aromatic rings. The van der Waals surface area contributed by atoms with Crippen LogP contribution in [0.4, 0.5) is 10.2 Å². The summed E-state index contributed by atoms with van der Waals surface area (Å²) < 4.78 is 23.7. The molecule has 0 saturated carbocycles. The molecule has 9 heteroatoms. The van der Waals surface area contributed by atoms with Crippen molar-refractivity contribution in [3.05, 3.63) is 51.9 Å². The minimum atomic E-state index is -1.21. The number of aromatic nitrogens is 1. The Kier molecular flexibility index (Phi) is 6.17. The van der Waals surface area contributed by atoms with Crippen LogP contribution in [0.15, 0.2) is 30.5 Å². The van der Waals surface area contributed by atoms with Gasteiger partial charge in [0.1, 0.15) is 11.6 Å². The highest BCUT2D eigenvalue weighted by atomic mass is 35.5. The Balaban J connectivity index is 2.04. The fourth-order valence-electron chi connectivity index (χ4n) is 1.79. The summed E-state index contributed by atoms with van der Waals surface area (Å²) in [6.07, 6.45) is 0.0921. The van der Waals surface area contributed by atoms with Crippen molar-refractivity contribution in [2.45, 2.75) is 13.0 Å². The van der Waals surface area contributed by atoms with Gasteiger partial charge in [-0.2, -0.15) is 0 Å². The third-order valence-electron chi connectivity index (χ3n) is 3.10. The van der Waals surface area contributed by atoms with Crippen LogP contribution < -0.4 is 10.1 Å². The van der Waals surface area contributed by atoms with E-state index in [1.54, 1.807) is 0 Å². The molecule has 0 spiro atoms. The average molecular weight is 387 g/mol. The topological polar surface area (TPSA) is 77.5 Å². The van der Waals surface area contributed by atoms with Gasteiger partial charge < -0.3 is 14.8 Å². The van der Waals surface area contributed by atoms with Gasteiger partial charge in [0.2, 0.25) is 0 Å². The SMILES string of the molecule is COc1ccc(C(=O)O[C@H](C)C(=O)Nc2ncc(Cl)cc2Cl)c(F)c1. The Bertz CT molecular complexity index is 817. The van der Waals surface area contributed by atoms with E-state index in [4.69, 9.17) is 32.7 Å². The zero-order chi connectivity index (χ0) is 18.6. The van der Waals surface area contributed by atoms with E-state index >= 15 is 0 Å². The molecule has 0 aliphatic carbocycles. The number of halogens is 3. The van der Waals surface area contributed by atoms with E-state index in [0.717, 1.165) is 6.07 Å². The molecule has 0 saturated heterocycles. The number of amides is 1. The summed E-state index contributed by atoms with van der Waals surface area (Å²) >= 11 is 11.6. The van der Waals surface area contributed by atoms with Crippen molar-refractivity contribution in [3.63, 3.8) is 0 Å². The highest BCUT2D eigenvalue weighted by Gasteiger charge is 2.22. The molecule has 1 amide bonds. The first kappa shape index (κ1) is 19.0. The monoisotopic (exact) mass is 386 g/mol. The highest BCUT2D eigenvalue weighted by Crippen LogP contribution is 2.23. The zero-order valence-corrected chi connectivity index (χ0v) is 14.7. The fraction of sp³-hybridized carbons (Fsp3) is 0.188. The first-order valence-corrected chi connectivity index (χ1v) is 7.74. The normalized spacial score (nSPS) is 11.6. The molecule has 2 rings (SSSR count). The first-order valence-electron chi connectivity index (χ1n) is 6.98. The zero-order valence-electron chi connectivity index (χ0n) is 13.2. The summed E-state index contributed by atoms with van der Waals surface area (Å²) in [6.45, 7) is 1.33. The number of pyridine rings is 1.